The summed E-state index contributed by atoms with van der Waals surface area (Å²) >= 11 is 1.53. The summed E-state index contributed by atoms with van der Waals surface area (Å²) in [5.41, 5.74) is 1.25. The van der Waals surface area contributed by atoms with E-state index in [9.17, 15) is 9.59 Å². The Kier molecular flexibility index (Phi) is 3.93. The molecule has 0 aromatic carbocycles. The molecular weight excluding hydrogens is 346 g/mol. The van der Waals surface area contributed by atoms with Crippen molar-refractivity contribution in [2.75, 3.05) is 0 Å². The molecule has 4 nitrogen and oxygen atoms in total. The maximum atomic E-state index is 12.7. The van der Waals surface area contributed by atoms with Gasteiger partial charge < -0.3 is 10.1 Å². The number of esters is 1. The minimum absolute atomic E-state index is 0.0311. The summed E-state index contributed by atoms with van der Waals surface area (Å²) in [6.45, 7) is 1.70. The zero-order valence-electron chi connectivity index (χ0n) is 15.4. The third-order valence-corrected chi connectivity index (χ3v) is 8.24. The molecule has 4 saturated carbocycles. The predicted molar refractivity (Wildman–Crippen MR) is 100 cm³/mol. The zero-order valence-corrected chi connectivity index (χ0v) is 16.2. The van der Waals surface area contributed by atoms with Gasteiger partial charge in [0, 0.05) is 10.4 Å². The lowest BCUT2D eigenvalue weighted by molar-refractivity contribution is -0.134. The van der Waals surface area contributed by atoms with E-state index in [4.69, 9.17) is 4.74 Å². The predicted octanol–water partition coefficient (Wildman–Crippen LogP) is 3.87. The first kappa shape index (κ1) is 16.8. The van der Waals surface area contributed by atoms with E-state index in [1.807, 2.05) is 6.07 Å². The smallest absolute Gasteiger partial charge is 0.349 e. The highest BCUT2D eigenvalue weighted by molar-refractivity contribution is 7.14. The molecule has 4 fully saturated rings. The van der Waals surface area contributed by atoms with Gasteiger partial charge in [0.2, 0.25) is 0 Å². The summed E-state index contributed by atoms with van der Waals surface area (Å²) in [6.07, 6.45) is 9.97. The molecule has 0 saturated heterocycles. The van der Waals surface area contributed by atoms with Gasteiger partial charge in [-0.3, -0.25) is 4.79 Å². The van der Waals surface area contributed by atoms with Crippen LogP contribution in [0.3, 0.4) is 0 Å². The first-order chi connectivity index (χ1) is 12.5. The molecule has 1 aromatic rings. The highest BCUT2D eigenvalue weighted by Gasteiger charge is 2.51. The molecule has 140 valence electrons. The number of nitrogens with one attached hydrogen (secondary N) is 1. The molecular formula is C21H27NO3S. The maximum Gasteiger partial charge on any atom is 0.349 e. The fourth-order valence-electron chi connectivity index (χ4n) is 6.33. The van der Waals surface area contributed by atoms with Gasteiger partial charge in [-0.2, -0.15) is 0 Å². The molecule has 0 spiro atoms. The minimum Gasteiger partial charge on any atom is -0.448 e. The van der Waals surface area contributed by atoms with E-state index in [0.717, 1.165) is 49.9 Å². The zero-order chi connectivity index (χ0) is 17.9. The van der Waals surface area contributed by atoms with Gasteiger partial charge in [0.15, 0.2) is 6.10 Å². The summed E-state index contributed by atoms with van der Waals surface area (Å²) in [5.74, 6) is 1.88. The number of carbonyl (C=O) groups is 2. The van der Waals surface area contributed by atoms with E-state index < -0.39 is 6.10 Å². The Morgan fingerprint density at radius 1 is 1.15 bits per heavy atom. The molecule has 0 radical (unpaired) electrons. The lowest BCUT2D eigenvalue weighted by atomic mass is 9.53. The summed E-state index contributed by atoms with van der Waals surface area (Å²) in [7, 11) is 0. The maximum absolute atomic E-state index is 12.7. The second-order valence-electron chi connectivity index (χ2n) is 9.15. The van der Waals surface area contributed by atoms with Crippen molar-refractivity contribution in [3.63, 3.8) is 0 Å². The summed E-state index contributed by atoms with van der Waals surface area (Å²) in [5, 5.41) is 3.31. The molecule has 1 atom stereocenters. The lowest BCUT2D eigenvalue weighted by Crippen LogP contribution is -2.61. The molecule has 4 bridgehead atoms. The molecule has 0 unspecified atom stereocenters. The van der Waals surface area contributed by atoms with Gasteiger partial charge in [0.05, 0.1) is 0 Å². The van der Waals surface area contributed by atoms with Gasteiger partial charge in [-0.1, -0.05) is 0 Å². The van der Waals surface area contributed by atoms with Crippen molar-refractivity contribution >= 4 is 23.2 Å². The average molecular weight is 374 g/mol. The average Bonchev–Trinajstić information content (AvgIpc) is 3.14. The van der Waals surface area contributed by atoms with Crippen LogP contribution in [-0.4, -0.2) is 23.5 Å². The number of thiophene rings is 1. The van der Waals surface area contributed by atoms with Crippen molar-refractivity contribution < 1.29 is 14.3 Å². The Balaban J connectivity index is 1.22. The summed E-state index contributed by atoms with van der Waals surface area (Å²) in [4.78, 5) is 27.1. The highest BCUT2D eigenvalue weighted by Crippen LogP contribution is 2.55. The molecule has 1 amide bonds. The third kappa shape index (κ3) is 2.88. The molecule has 1 heterocycles. The first-order valence-electron chi connectivity index (χ1n) is 10.1. The topological polar surface area (TPSA) is 55.4 Å². The number of amides is 1. The number of rotatable bonds is 4. The normalized spacial score (nSPS) is 35.2. The van der Waals surface area contributed by atoms with Crippen LogP contribution in [0.1, 0.15) is 72.0 Å². The number of aryl methyl sites for hydroxylation is 2. The van der Waals surface area contributed by atoms with Crippen LogP contribution in [0, 0.1) is 17.8 Å². The van der Waals surface area contributed by atoms with E-state index in [1.54, 1.807) is 6.92 Å². The van der Waals surface area contributed by atoms with E-state index in [2.05, 4.69) is 5.32 Å². The van der Waals surface area contributed by atoms with Crippen molar-refractivity contribution in [2.24, 2.45) is 17.8 Å². The minimum atomic E-state index is -0.729. The van der Waals surface area contributed by atoms with Crippen molar-refractivity contribution in [1.82, 2.24) is 5.32 Å². The molecule has 0 aliphatic heterocycles. The number of fused-ring (bicyclic) bond motifs is 1. The lowest BCUT2D eigenvalue weighted by Gasteiger charge is -2.57. The van der Waals surface area contributed by atoms with Crippen LogP contribution < -0.4 is 5.32 Å². The Morgan fingerprint density at radius 3 is 2.42 bits per heavy atom. The van der Waals surface area contributed by atoms with Crippen LogP contribution >= 0.6 is 11.3 Å². The molecule has 5 aliphatic rings. The number of hydrogen-bond donors (Lipinski definition) is 1. The molecule has 5 aliphatic carbocycles. The summed E-state index contributed by atoms with van der Waals surface area (Å²) in [6, 6.07) is 1.96. The van der Waals surface area contributed by atoms with Gasteiger partial charge in [0.25, 0.3) is 5.91 Å². The monoisotopic (exact) mass is 373 g/mol. The van der Waals surface area contributed by atoms with Gasteiger partial charge in [0.1, 0.15) is 4.88 Å². The second-order valence-corrected chi connectivity index (χ2v) is 10.3. The molecule has 5 heteroatoms. The van der Waals surface area contributed by atoms with Crippen molar-refractivity contribution in [3.05, 3.63) is 21.4 Å². The SMILES string of the molecule is C[C@H](OC(=O)c1cc2c(s1)CCC2)C(=O)NC12CC3CC(CC(C3)C1)C2. The van der Waals surface area contributed by atoms with Gasteiger partial charge >= 0.3 is 5.97 Å². The van der Waals surface area contributed by atoms with E-state index in [1.165, 1.54) is 47.5 Å². The van der Waals surface area contributed by atoms with Crippen LogP contribution in [0.5, 0.6) is 0 Å². The van der Waals surface area contributed by atoms with Crippen LogP contribution in [0.2, 0.25) is 0 Å². The van der Waals surface area contributed by atoms with E-state index in [-0.39, 0.29) is 17.4 Å². The molecule has 6 rings (SSSR count). The van der Waals surface area contributed by atoms with Gasteiger partial charge in [-0.15, -0.1) is 11.3 Å². The first-order valence-corrected chi connectivity index (χ1v) is 11.0. The highest BCUT2D eigenvalue weighted by atomic mass is 32.1. The van der Waals surface area contributed by atoms with Crippen molar-refractivity contribution in [1.29, 1.82) is 0 Å². The second kappa shape index (κ2) is 6.08. The molecule has 1 N–H and O–H groups in total. The Morgan fingerprint density at radius 2 is 1.81 bits per heavy atom. The Labute approximate surface area is 158 Å². The van der Waals surface area contributed by atoms with Gasteiger partial charge in [-0.25, -0.2) is 4.79 Å². The fourth-order valence-corrected chi connectivity index (χ4v) is 7.47. The largest absolute Gasteiger partial charge is 0.448 e. The quantitative estimate of drug-likeness (QED) is 0.815. The third-order valence-electron chi connectivity index (χ3n) is 7.03. The van der Waals surface area contributed by atoms with Gasteiger partial charge in [-0.05, 0) is 94.1 Å². The van der Waals surface area contributed by atoms with Crippen LogP contribution in [0.25, 0.3) is 0 Å². The van der Waals surface area contributed by atoms with Crippen LogP contribution in [0.4, 0.5) is 0 Å². The van der Waals surface area contributed by atoms with E-state index in [0.29, 0.717) is 4.88 Å². The fraction of sp³-hybridized carbons (Fsp3) is 0.714. The van der Waals surface area contributed by atoms with E-state index >= 15 is 0 Å². The van der Waals surface area contributed by atoms with Crippen LogP contribution in [-0.2, 0) is 22.4 Å². The molecule has 26 heavy (non-hydrogen) atoms. The van der Waals surface area contributed by atoms with Crippen molar-refractivity contribution in [3.8, 4) is 0 Å². The summed E-state index contributed by atoms with van der Waals surface area (Å²) < 4.78 is 5.51. The number of ether oxygens (including phenoxy) is 1. The Hall–Kier alpha value is -1.36. The molecule has 1 aromatic heterocycles. The van der Waals surface area contributed by atoms with Crippen LogP contribution in [0.15, 0.2) is 6.07 Å². The van der Waals surface area contributed by atoms with Crippen molar-refractivity contribution in [2.45, 2.75) is 76.4 Å². The number of carbonyl (C=O) groups excluding carboxylic acids is 2. The standard InChI is InChI=1S/C21H27NO3S/c1-12(25-20(24)18-8-16-3-2-4-17(16)26-18)19(23)22-21-9-13-5-14(10-21)7-15(6-13)11-21/h8,12-15H,2-7,9-11H2,1H3,(H,22,23)/t12-,13?,14?,15?,21?/m0/s1. The number of hydrogen-bond acceptors (Lipinski definition) is 4. The Bertz CT molecular complexity index is 696.